The molecule has 3 N–H and O–H groups in total. The molecule has 0 bridgehead atoms. The third kappa shape index (κ3) is 3.66. The minimum Gasteiger partial charge on any atom is -0.493 e. The number of nitrogens with one attached hydrogen (secondary N) is 1. The van der Waals surface area contributed by atoms with E-state index in [0.29, 0.717) is 44.2 Å². The van der Waals surface area contributed by atoms with Crippen LogP contribution in [0, 0.1) is 0 Å². The van der Waals surface area contributed by atoms with Crippen LogP contribution in [0.25, 0.3) is 11.1 Å². The second-order valence-corrected chi connectivity index (χ2v) is 6.50. The van der Waals surface area contributed by atoms with Gasteiger partial charge in [-0.05, 0) is 41.9 Å². The zero-order valence-electron chi connectivity index (χ0n) is 15.4. The zero-order valence-corrected chi connectivity index (χ0v) is 17.0. The summed E-state index contributed by atoms with van der Waals surface area (Å²) in [5, 5.41) is 0. The number of H-pyrrole nitrogens is 1. The molecule has 7 nitrogen and oxygen atoms in total. The minimum atomic E-state index is -0.465. The number of nitrogens with two attached hydrogens (primary N) is 1. The highest BCUT2D eigenvalue weighted by Gasteiger charge is 2.26. The first kappa shape index (κ1) is 20.1. The fourth-order valence-corrected chi connectivity index (χ4v) is 3.39. The van der Waals surface area contributed by atoms with Crippen LogP contribution in [0.2, 0.25) is 0 Å². The fraction of sp³-hybridized carbons (Fsp3) is 0.389. The van der Waals surface area contributed by atoms with Crippen LogP contribution in [0.15, 0.2) is 16.6 Å². The molecular weight excluding hydrogens is 404 g/mol. The highest BCUT2D eigenvalue weighted by atomic mass is 79.9. The highest BCUT2D eigenvalue weighted by Crippen LogP contribution is 2.47. The normalized spacial score (nSPS) is 10.8. The van der Waals surface area contributed by atoms with Gasteiger partial charge in [-0.1, -0.05) is 0 Å². The predicted molar refractivity (Wildman–Crippen MR) is 102 cm³/mol. The van der Waals surface area contributed by atoms with E-state index >= 15 is 0 Å². The van der Waals surface area contributed by atoms with Gasteiger partial charge in [0.05, 0.1) is 31.9 Å². The molecule has 8 heteroatoms. The van der Waals surface area contributed by atoms with Crippen molar-refractivity contribution < 1.29 is 23.7 Å². The molecule has 0 atom stereocenters. The Balaban J connectivity index is 2.69. The molecule has 1 heterocycles. The average Bonchev–Trinajstić information content (AvgIpc) is 2.95. The van der Waals surface area contributed by atoms with Gasteiger partial charge in [-0.15, -0.1) is 0 Å². The van der Waals surface area contributed by atoms with Gasteiger partial charge in [-0.25, -0.2) is 4.79 Å². The summed E-state index contributed by atoms with van der Waals surface area (Å²) in [5.74, 6) is 1.00. The molecule has 0 unspecified atom stereocenters. The van der Waals surface area contributed by atoms with Gasteiger partial charge in [0.1, 0.15) is 5.69 Å². The molecule has 0 amide bonds. The van der Waals surface area contributed by atoms with Crippen molar-refractivity contribution in [3.8, 4) is 28.4 Å². The van der Waals surface area contributed by atoms with E-state index in [4.69, 9.17) is 24.7 Å². The summed E-state index contributed by atoms with van der Waals surface area (Å²) in [5.41, 5.74) is 8.27. The Hall–Kier alpha value is -2.19. The number of esters is 1. The van der Waals surface area contributed by atoms with Gasteiger partial charge >= 0.3 is 5.97 Å². The second-order valence-electron chi connectivity index (χ2n) is 5.71. The SMILES string of the molecule is COc1ccc(-c2c(CN)[nH]c(C(=O)OC(C)C)c2Br)c(OC)c1OC. The zero-order chi connectivity index (χ0) is 19.4. The first-order chi connectivity index (χ1) is 12.4. The number of methoxy groups -OCH3 is 3. The topological polar surface area (TPSA) is 95.8 Å². The lowest BCUT2D eigenvalue weighted by atomic mass is 10.0. The summed E-state index contributed by atoms with van der Waals surface area (Å²) in [6, 6.07) is 3.59. The van der Waals surface area contributed by atoms with Crippen LogP contribution >= 0.6 is 15.9 Å². The number of aromatic nitrogens is 1. The third-order valence-electron chi connectivity index (χ3n) is 3.74. The number of hydrogen-bond donors (Lipinski definition) is 2. The maximum atomic E-state index is 12.4. The number of carbonyl (C=O) groups excluding carboxylic acids is 1. The van der Waals surface area contributed by atoms with Gasteiger partial charge in [0.25, 0.3) is 0 Å². The largest absolute Gasteiger partial charge is 0.493 e. The lowest BCUT2D eigenvalue weighted by Crippen LogP contribution is -2.12. The van der Waals surface area contributed by atoms with Crippen molar-refractivity contribution in [3.05, 3.63) is 28.0 Å². The van der Waals surface area contributed by atoms with Gasteiger partial charge < -0.3 is 29.7 Å². The van der Waals surface area contributed by atoms with Crippen LogP contribution in [0.5, 0.6) is 17.2 Å². The van der Waals surface area contributed by atoms with Gasteiger partial charge in [0.2, 0.25) is 5.75 Å². The maximum absolute atomic E-state index is 12.4. The standard InChI is InChI=1S/C18H23BrN2O5/c1-9(2)26-18(22)15-14(19)13(11(8-20)21-15)10-6-7-12(23-3)17(25-5)16(10)24-4/h6-7,9,21H,8,20H2,1-5H3. The van der Waals surface area contributed by atoms with E-state index in [1.807, 2.05) is 6.07 Å². The average molecular weight is 427 g/mol. The maximum Gasteiger partial charge on any atom is 0.356 e. The minimum absolute atomic E-state index is 0.195. The molecule has 0 spiro atoms. The number of ether oxygens (including phenoxy) is 4. The molecule has 0 radical (unpaired) electrons. The Morgan fingerprint density at radius 3 is 2.31 bits per heavy atom. The van der Waals surface area contributed by atoms with Gasteiger partial charge in [-0.3, -0.25) is 0 Å². The second kappa shape index (κ2) is 8.46. The number of aromatic amines is 1. The predicted octanol–water partition coefficient (Wildman–Crippen LogP) is 3.49. The highest BCUT2D eigenvalue weighted by molar-refractivity contribution is 9.10. The molecule has 0 fully saturated rings. The van der Waals surface area contributed by atoms with E-state index in [-0.39, 0.29) is 12.6 Å². The number of hydrogen-bond acceptors (Lipinski definition) is 6. The Labute approximate surface area is 160 Å². The van der Waals surface area contributed by atoms with E-state index in [0.717, 1.165) is 0 Å². The molecule has 142 valence electrons. The van der Waals surface area contributed by atoms with Crippen molar-refractivity contribution in [1.29, 1.82) is 0 Å². The van der Waals surface area contributed by atoms with Crippen molar-refractivity contribution in [2.24, 2.45) is 5.73 Å². The van der Waals surface area contributed by atoms with E-state index in [1.165, 1.54) is 14.2 Å². The third-order valence-corrected chi connectivity index (χ3v) is 4.53. The summed E-state index contributed by atoms with van der Waals surface area (Å²) in [4.78, 5) is 15.4. The molecule has 1 aromatic heterocycles. The molecule has 0 saturated carbocycles. The van der Waals surface area contributed by atoms with E-state index in [2.05, 4.69) is 20.9 Å². The van der Waals surface area contributed by atoms with Crippen LogP contribution in [0.3, 0.4) is 0 Å². The van der Waals surface area contributed by atoms with Crippen LogP contribution in [-0.2, 0) is 11.3 Å². The van der Waals surface area contributed by atoms with E-state index in [1.54, 1.807) is 27.0 Å². The van der Waals surface area contributed by atoms with E-state index < -0.39 is 5.97 Å². The Kier molecular flexibility index (Phi) is 6.55. The molecule has 2 aromatic rings. The Bertz CT molecular complexity index is 801. The number of rotatable bonds is 7. The number of benzene rings is 1. The molecule has 0 saturated heterocycles. The van der Waals surface area contributed by atoms with Crippen LogP contribution in [0.1, 0.15) is 30.0 Å². The van der Waals surface area contributed by atoms with Crippen molar-refractivity contribution in [2.75, 3.05) is 21.3 Å². The summed E-state index contributed by atoms with van der Waals surface area (Å²) in [6.45, 7) is 3.77. The quantitative estimate of drug-likeness (QED) is 0.657. The number of halogens is 1. The summed E-state index contributed by atoms with van der Waals surface area (Å²) < 4.78 is 22.2. The van der Waals surface area contributed by atoms with Crippen molar-refractivity contribution in [3.63, 3.8) is 0 Å². The van der Waals surface area contributed by atoms with Crippen molar-refractivity contribution in [2.45, 2.75) is 26.5 Å². The number of carbonyl (C=O) groups is 1. The summed E-state index contributed by atoms with van der Waals surface area (Å²) in [6.07, 6.45) is -0.238. The van der Waals surface area contributed by atoms with Crippen molar-refractivity contribution >= 4 is 21.9 Å². The van der Waals surface area contributed by atoms with Crippen LogP contribution in [-0.4, -0.2) is 38.4 Å². The molecule has 2 rings (SSSR count). The van der Waals surface area contributed by atoms with Gasteiger partial charge in [0.15, 0.2) is 11.5 Å². The first-order valence-electron chi connectivity index (χ1n) is 8.00. The molecular formula is C18H23BrN2O5. The Morgan fingerprint density at radius 2 is 1.81 bits per heavy atom. The van der Waals surface area contributed by atoms with Gasteiger partial charge in [0, 0.05) is 23.4 Å². The molecule has 1 aromatic carbocycles. The summed E-state index contributed by atoms with van der Waals surface area (Å²) in [7, 11) is 4.62. The monoisotopic (exact) mass is 426 g/mol. The summed E-state index contributed by atoms with van der Waals surface area (Å²) >= 11 is 3.50. The van der Waals surface area contributed by atoms with Gasteiger partial charge in [-0.2, -0.15) is 0 Å². The lowest BCUT2D eigenvalue weighted by Gasteiger charge is -2.16. The smallest absolute Gasteiger partial charge is 0.356 e. The molecule has 0 aliphatic carbocycles. The molecule has 0 aliphatic heterocycles. The van der Waals surface area contributed by atoms with Crippen molar-refractivity contribution in [1.82, 2.24) is 4.98 Å². The first-order valence-corrected chi connectivity index (χ1v) is 8.79. The Morgan fingerprint density at radius 1 is 1.15 bits per heavy atom. The van der Waals surface area contributed by atoms with Crippen LogP contribution in [0.4, 0.5) is 0 Å². The molecule has 26 heavy (non-hydrogen) atoms. The fourth-order valence-electron chi connectivity index (χ4n) is 2.67. The lowest BCUT2D eigenvalue weighted by molar-refractivity contribution is 0.0370. The van der Waals surface area contributed by atoms with Crippen LogP contribution < -0.4 is 19.9 Å². The van der Waals surface area contributed by atoms with E-state index in [9.17, 15) is 4.79 Å². The molecule has 0 aliphatic rings.